The Balaban J connectivity index is 1.32. The van der Waals surface area contributed by atoms with Crippen LogP contribution < -0.4 is 24.8 Å². The van der Waals surface area contributed by atoms with Crippen molar-refractivity contribution in [2.24, 2.45) is 5.92 Å². The number of ether oxygens (including phenoxy) is 3. The van der Waals surface area contributed by atoms with Gasteiger partial charge >= 0.3 is 6.09 Å². The fraction of sp³-hybridized carbons (Fsp3) is 0.583. The van der Waals surface area contributed by atoms with E-state index in [0.29, 0.717) is 54.4 Å². The van der Waals surface area contributed by atoms with Gasteiger partial charge in [0.25, 0.3) is 5.91 Å². The number of amides is 4. The topological polar surface area (TPSA) is 182 Å². The molecular formula is C36H46ClN5O9S. The maximum atomic E-state index is 14.4. The van der Waals surface area contributed by atoms with Crippen LogP contribution in [-0.2, 0) is 29.1 Å². The summed E-state index contributed by atoms with van der Waals surface area (Å²) < 4.78 is 45.4. The third-order valence-electron chi connectivity index (χ3n) is 9.84. The molecule has 5 atom stereocenters. The van der Waals surface area contributed by atoms with Gasteiger partial charge in [-0.1, -0.05) is 36.6 Å². The molecule has 6 rings (SSSR count). The number of sulfonamides is 1. The number of benzene rings is 1. The molecule has 4 aliphatic rings. The second-order valence-corrected chi connectivity index (χ2v) is 17.3. The zero-order chi connectivity index (χ0) is 37.4. The molecule has 1 aromatic heterocycles. The van der Waals surface area contributed by atoms with Gasteiger partial charge in [0, 0.05) is 29.3 Å². The minimum absolute atomic E-state index is 0.0275. The summed E-state index contributed by atoms with van der Waals surface area (Å²) in [6, 6.07) is 3.04. The van der Waals surface area contributed by atoms with E-state index in [1.165, 1.54) is 12.0 Å². The van der Waals surface area contributed by atoms with Crippen LogP contribution in [0.5, 0.6) is 11.5 Å². The zero-order valence-electron chi connectivity index (χ0n) is 29.8. The van der Waals surface area contributed by atoms with Gasteiger partial charge in [-0.25, -0.2) is 18.2 Å². The molecule has 4 amide bonds. The fourth-order valence-electron chi connectivity index (χ4n) is 6.95. The third kappa shape index (κ3) is 8.25. The lowest BCUT2D eigenvalue weighted by Gasteiger charge is -2.30. The van der Waals surface area contributed by atoms with Gasteiger partial charge < -0.3 is 29.7 Å². The van der Waals surface area contributed by atoms with Gasteiger partial charge in [-0.15, -0.1) is 0 Å². The fourth-order valence-corrected chi connectivity index (χ4v) is 8.54. The first kappa shape index (κ1) is 37.6. The predicted molar refractivity (Wildman–Crippen MR) is 192 cm³/mol. The van der Waals surface area contributed by atoms with Crippen molar-refractivity contribution in [1.29, 1.82) is 0 Å². The average Bonchev–Trinajstić information content (AvgIpc) is 3.99. The Kier molecular flexibility index (Phi) is 10.7. The van der Waals surface area contributed by atoms with Crippen LogP contribution in [0.15, 0.2) is 36.5 Å². The summed E-state index contributed by atoms with van der Waals surface area (Å²) in [5.41, 5.74) is -2.32. The maximum Gasteiger partial charge on any atom is 0.408 e. The SMILES string of the molecule is COc1c(O[C@@H]2C[C@H]3C(=O)N[C@]4(C(=O)NS(=O)(=O)C5CC5)C[C@H]4C=CCCCCC[C@H](NC(=O)OC(C)(C)C)C(=O)N3C2)ccc2c(Cl)nccc12. The number of alkyl carbamates (subject to hydrolysis) is 1. The number of allylic oxidation sites excluding steroid dienone is 1. The van der Waals surface area contributed by atoms with Crippen molar-refractivity contribution in [3.63, 3.8) is 0 Å². The third-order valence-corrected chi connectivity index (χ3v) is 12.0. The van der Waals surface area contributed by atoms with E-state index >= 15 is 0 Å². The quantitative estimate of drug-likeness (QED) is 0.274. The Morgan fingerprint density at radius 1 is 1.08 bits per heavy atom. The number of rotatable bonds is 7. The predicted octanol–water partition coefficient (Wildman–Crippen LogP) is 4.14. The number of hydrogen-bond donors (Lipinski definition) is 3. The summed E-state index contributed by atoms with van der Waals surface area (Å²) in [6.45, 7) is 5.14. The highest BCUT2D eigenvalue weighted by Gasteiger charge is 2.62. The van der Waals surface area contributed by atoms with Crippen molar-refractivity contribution in [2.45, 2.75) is 113 Å². The molecule has 3 heterocycles. The molecule has 282 valence electrons. The Morgan fingerprint density at radius 2 is 1.85 bits per heavy atom. The summed E-state index contributed by atoms with van der Waals surface area (Å²) in [5.74, 6) is -1.62. The van der Waals surface area contributed by atoms with E-state index in [4.69, 9.17) is 25.8 Å². The molecular weight excluding hydrogens is 714 g/mol. The molecule has 0 bridgehead atoms. The lowest BCUT2D eigenvalue weighted by molar-refractivity contribution is -0.141. The van der Waals surface area contributed by atoms with E-state index in [-0.39, 0.29) is 24.5 Å². The second kappa shape index (κ2) is 14.7. The number of carbonyl (C=O) groups excluding carboxylic acids is 4. The molecule has 52 heavy (non-hydrogen) atoms. The highest BCUT2D eigenvalue weighted by Crippen LogP contribution is 2.46. The van der Waals surface area contributed by atoms with E-state index in [1.54, 1.807) is 45.2 Å². The van der Waals surface area contributed by atoms with Crippen LogP contribution in [0, 0.1) is 5.92 Å². The highest BCUT2D eigenvalue weighted by molar-refractivity contribution is 7.91. The van der Waals surface area contributed by atoms with Crippen molar-refractivity contribution >= 4 is 56.2 Å². The first-order chi connectivity index (χ1) is 24.6. The van der Waals surface area contributed by atoms with Crippen molar-refractivity contribution in [1.82, 2.24) is 25.2 Å². The lowest BCUT2D eigenvalue weighted by Crippen LogP contribution is -2.58. The molecule has 16 heteroatoms. The molecule has 3 N–H and O–H groups in total. The summed E-state index contributed by atoms with van der Waals surface area (Å²) in [4.78, 5) is 60.9. The van der Waals surface area contributed by atoms with E-state index in [0.717, 1.165) is 12.8 Å². The van der Waals surface area contributed by atoms with Gasteiger partial charge in [-0.05, 0) is 77.5 Å². The van der Waals surface area contributed by atoms with Gasteiger partial charge in [0.1, 0.15) is 34.5 Å². The van der Waals surface area contributed by atoms with E-state index in [9.17, 15) is 27.6 Å². The minimum Gasteiger partial charge on any atom is -0.492 e. The standard InChI is InChI=1S/C36H46ClN5O9S/c1-35(2,3)51-34(46)39-26-11-9-7-5-6-8-10-21-19-36(21,33(45)41-52(47,48)23-12-13-23)40-31(43)27-18-22(20-42(27)32(26)44)50-28-15-14-25-24(29(28)49-4)16-17-38-30(25)37/h8,10,14-17,21-23,26-27H,5-7,9,11-13,18-20H2,1-4H3,(H,39,46)(H,40,43)(H,41,45)/t21-,22-,26+,27+,36-/m1/s1. The number of halogens is 1. The Bertz CT molecular complexity index is 1880. The summed E-state index contributed by atoms with van der Waals surface area (Å²) in [5, 5.41) is 6.56. The van der Waals surface area contributed by atoms with Crippen molar-refractivity contribution in [3.8, 4) is 11.5 Å². The van der Waals surface area contributed by atoms with Crippen LogP contribution in [0.25, 0.3) is 10.8 Å². The average molecular weight is 760 g/mol. The molecule has 2 aliphatic carbocycles. The van der Waals surface area contributed by atoms with Crippen molar-refractivity contribution in [2.75, 3.05) is 13.7 Å². The second-order valence-electron chi connectivity index (χ2n) is 15.0. The Labute approximate surface area is 308 Å². The van der Waals surface area contributed by atoms with Gasteiger partial charge in [0.05, 0.1) is 18.9 Å². The van der Waals surface area contributed by atoms with Crippen molar-refractivity contribution in [3.05, 3.63) is 41.7 Å². The number of aromatic nitrogens is 1. The molecule has 0 spiro atoms. The molecule has 0 radical (unpaired) electrons. The van der Waals surface area contributed by atoms with Gasteiger partial charge in [-0.3, -0.25) is 19.1 Å². The van der Waals surface area contributed by atoms with Gasteiger partial charge in [0.2, 0.25) is 21.8 Å². The normalized spacial score (nSPS) is 27.0. The van der Waals surface area contributed by atoms with E-state index in [2.05, 4.69) is 20.3 Å². The molecule has 2 saturated carbocycles. The van der Waals surface area contributed by atoms with Gasteiger partial charge in [-0.2, -0.15) is 0 Å². The van der Waals surface area contributed by atoms with Crippen LogP contribution >= 0.6 is 11.6 Å². The smallest absolute Gasteiger partial charge is 0.408 e. The van der Waals surface area contributed by atoms with Crippen LogP contribution in [0.3, 0.4) is 0 Å². The van der Waals surface area contributed by atoms with E-state index in [1.807, 2.05) is 12.2 Å². The molecule has 3 fully saturated rings. The van der Waals surface area contributed by atoms with E-state index < -0.39 is 74.3 Å². The highest BCUT2D eigenvalue weighted by atomic mass is 35.5. The number of nitrogens with zero attached hydrogens (tertiary/aromatic N) is 2. The minimum atomic E-state index is -3.89. The molecule has 2 aromatic rings. The zero-order valence-corrected chi connectivity index (χ0v) is 31.3. The molecule has 0 unspecified atom stereocenters. The number of nitrogens with one attached hydrogen (secondary N) is 3. The van der Waals surface area contributed by atoms with Gasteiger partial charge in [0.15, 0.2) is 11.5 Å². The molecule has 1 saturated heterocycles. The van der Waals surface area contributed by atoms with Crippen LogP contribution in [0.1, 0.15) is 78.6 Å². The first-order valence-electron chi connectivity index (χ1n) is 17.7. The summed E-state index contributed by atoms with van der Waals surface area (Å²) in [6.07, 6.45) is 8.20. The summed E-state index contributed by atoms with van der Waals surface area (Å²) in [7, 11) is -2.40. The number of pyridine rings is 1. The number of carbonyl (C=O) groups is 4. The molecule has 1 aromatic carbocycles. The first-order valence-corrected chi connectivity index (χ1v) is 19.7. The Morgan fingerprint density at radius 3 is 2.56 bits per heavy atom. The van der Waals surface area contributed by atoms with Crippen LogP contribution in [0.4, 0.5) is 4.79 Å². The molecule has 2 aliphatic heterocycles. The monoisotopic (exact) mass is 759 g/mol. The number of methoxy groups -OCH3 is 1. The Hall–Kier alpha value is -4.11. The van der Waals surface area contributed by atoms with Crippen LogP contribution in [0.2, 0.25) is 5.15 Å². The maximum absolute atomic E-state index is 14.4. The largest absolute Gasteiger partial charge is 0.492 e. The summed E-state index contributed by atoms with van der Waals surface area (Å²) >= 11 is 6.32. The van der Waals surface area contributed by atoms with Crippen molar-refractivity contribution < 1.29 is 41.8 Å². The molecule has 14 nitrogen and oxygen atoms in total. The number of fused-ring (bicyclic) bond motifs is 3. The lowest BCUT2D eigenvalue weighted by atomic mass is 10.0. The van der Waals surface area contributed by atoms with Crippen LogP contribution in [-0.4, -0.2) is 90.3 Å². The number of hydrogen-bond acceptors (Lipinski definition) is 10.